The molecule has 1 aromatic heterocycles. The molecule has 1 nitrogen and oxygen atoms in total. The Morgan fingerprint density at radius 1 is 1.31 bits per heavy atom. The molecule has 0 aliphatic carbocycles. The molecule has 1 heterocycles. The van der Waals surface area contributed by atoms with Crippen molar-refractivity contribution in [2.45, 2.75) is 6.54 Å². The third kappa shape index (κ3) is 1.61. The van der Waals surface area contributed by atoms with E-state index in [1.54, 1.807) is 0 Å². The van der Waals surface area contributed by atoms with Gasteiger partial charge in [0.05, 0.1) is 6.54 Å². The average Bonchev–Trinajstić information content (AvgIpc) is 2.49. The Balaban J connectivity index is 2.58. The number of hydrogen-bond donors (Lipinski definition) is 0. The molecule has 0 N–H and O–H groups in total. The van der Waals surface area contributed by atoms with Crippen molar-refractivity contribution in [2.24, 2.45) is 0 Å². The molecule has 0 radical (unpaired) electrons. The molecule has 0 fully saturated rings. The molecule has 0 atom stereocenters. The maximum Gasteiger partial charge on any atom is 0.107 e. The van der Waals surface area contributed by atoms with E-state index in [-0.39, 0.29) is 6.67 Å². The number of fused-ring (bicyclic) bond motifs is 1. The number of alkyl halides is 1. The molecule has 0 saturated carbocycles. The highest BCUT2D eigenvalue weighted by atomic mass is 79.9. The summed E-state index contributed by atoms with van der Waals surface area (Å²) in [5, 5.41) is 1.15. The van der Waals surface area contributed by atoms with E-state index in [1.807, 2.05) is 35.0 Å². The van der Waals surface area contributed by atoms with Crippen molar-refractivity contribution >= 4 is 26.8 Å². The fraction of sp³-hybridized carbons (Fsp3) is 0.200. The molecule has 0 amide bonds. The third-order valence-electron chi connectivity index (χ3n) is 2.06. The number of halogens is 2. The average molecular weight is 242 g/mol. The van der Waals surface area contributed by atoms with Crippen molar-refractivity contribution in [3.8, 4) is 0 Å². The summed E-state index contributed by atoms with van der Waals surface area (Å²) in [5.74, 6) is 0. The van der Waals surface area contributed by atoms with Crippen molar-refractivity contribution in [1.82, 2.24) is 4.57 Å². The van der Waals surface area contributed by atoms with Gasteiger partial charge in [0.25, 0.3) is 0 Å². The Hall–Kier alpha value is -0.830. The smallest absolute Gasteiger partial charge is 0.107 e. The molecule has 1 aromatic carbocycles. The molecule has 2 aromatic rings. The zero-order valence-electron chi connectivity index (χ0n) is 7.00. The predicted octanol–water partition coefficient (Wildman–Crippen LogP) is 3.37. The van der Waals surface area contributed by atoms with E-state index in [1.165, 1.54) is 0 Å². The molecule has 0 aliphatic heterocycles. The summed E-state index contributed by atoms with van der Waals surface area (Å²) >= 11 is 3.40. The van der Waals surface area contributed by atoms with E-state index in [0.29, 0.717) is 6.54 Å². The van der Waals surface area contributed by atoms with Crippen LogP contribution in [0.5, 0.6) is 0 Å². The molecule has 13 heavy (non-hydrogen) atoms. The second-order valence-electron chi connectivity index (χ2n) is 2.90. The maximum absolute atomic E-state index is 12.2. The minimum atomic E-state index is -0.323. The summed E-state index contributed by atoms with van der Waals surface area (Å²) in [6, 6.07) is 8.01. The minimum Gasteiger partial charge on any atom is -0.345 e. The molecule has 68 valence electrons. The Labute approximate surface area is 84.3 Å². The second kappa shape index (κ2) is 3.50. The summed E-state index contributed by atoms with van der Waals surface area (Å²) in [6.45, 7) is 0.107. The van der Waals surface area contributed by atoms with Gasteiger partial charge in [-0.3, -0.25) is 0 Å². The van der Waals surface area contributed by atoms with Crippen molar-refractivity contribution in [3.63, 3.8) is 0 Å². The van der Waals surface area contributed by atoms with Crippen LogP contribution < -0.4 is 0 Å². The molecule has 0 bridgehead atoms. The monoisotopic (exact) mass is 241 g/mol. The maximum atomic E-state index is 12.2. The number of aromatic nitrogens is 1. The van der Waals surface area contributed by atoms with E-state index in [4.69, 9.17) is 0 Å². The van der Waals surface area contributed by atoms with Crippen LogP contribution in [0, 0.1) is 0 Å². The number of hydrogen-bond acceptors (Lipinski definition) is 0. The molecule has 2 rings (SSSR count). The number of rotatable bonds is 2. The fourth-order valence-corrected chi connectivity index (χ4v) is 1.79. The van der Waals surface area contributed by atoms with E-state index in [2.05, 4.69) is 15.9 Å². The van der Waals surface area contributed by atoms with Gasteiger partial charge in [-0.2, -0.15) is 0 Å². The largest absolute Gasteiger partial charge is 0.345 e. The Morgan fingerprint density at radius 3 is 2.92 bits per heavy atom. The number of benzene rings is 1. The van der Waals surface area contributed by atoms with Crippen molar-refractivity contribution in [3.05, 3.63) is 34.9 Å². The van der Waals surface area contributed by atoms with Crippen LogP contribution in [0.25, 0.3) is 10.9 Å². The van der Waals surface area contributed by atoms with E-state index in [0.717, 1.165) is 15.4 Å². The lowest BCUT2D eigenvalue weighted by molar-refractivity contribution is 0.451. The first-order valence-electron chi connectivity index (χ1n) is 4.11. The highest BCUT2D eigenvalue weighted by Gasteiger charge is 2.00. The molecule has 0 unspecified atom stereocenters. The van der Waals surface area contributed by atoms with Crippen LogP contribution in [-0.4, -0.2) is 11.2 Å². The first-order valence-corrected chi connectivity index (χ1v) is 4.91. The van der Waals surface area contributed by atoms with Gasteiger partial charge in [0.15, 0.2) is 0 Å². The van der Waals surface area contributed by atoms with E-state index >= 15 is 0 Å². The Morgan fingerprint density at radius 2 is 2.15 bits per heavy atom. The minimum absolute atomic E-state index is 0.323. The van der Waals surface area contributed by atoms with Crippen LogP contribution in [0.3, 0.4) is 0 Å². The van der Waals surface area contributed by atoms with Gasteiger partial charge >= 0.3 is 0 Å². The molecule has 0 saturated heterocycles. The first kappa shape index (κ1) is 8.75. The number of aryl methyl sites for hydroxylation is 1. The topological polar surface area (TPSA) is 4.93 Å². The summed E-state index contributed by atoms with van der Waals surface area (Å²) < 4.78 is 15.1. The van der Waals surface area contributed by atoms with Gasteiger partial charge in [-0.1, -0.05) is 22.0 Å². The summed E-state index contributed by atoms with van der Waals surface area (Å²) in [4.78, 5) is 0. The Kier molecular flexibility index (Phi) is 2.36. The standard InChI is InChI=1S/C10H9BrFN/c11-9-2-1-8-3-5-13(6-4-12)10(8)7-9/h1-3,5,7H,4,6H2. The van der Waals surface area contributed by atoms with Gasteiger partial charge < -0.3 is 4.57 Å². The highest BCUT2D eigenvalue weighted by molar-refractivity contribution is 9.10. The van der Waals surface area contributed by atoms with Crippen LogP contribution in [-0.2, 0) is 6.54 Å². The van der Waals surface area contributed by atoms with Gasteiger partial charge in [-0.05, 0) is 23.6 Å². The van der Waals surface area contributed by atoms with Gasteiger partial charge in [0, 0.05) is 16.2 Å². The molecule has 3 heteroatoms. The highest BCUT2D eigenvalue weighted by Crippen LogP contribution is 2.20. The third-order valence-corrected chi connectivity index (χ3v) is 2.55. The Bertz CT molecular complexity index is 422. The lowest BCUT2D eigenvalue weighted by Crippen LogP contribution is -1.96. The van der Waals surface area contributed by atoms with Gasteiger partial charge in [0.1, 0.15) is 6.67 Å². The van der Waals surface area contributed by atoms with Gasteiger partial charge in [-0.15, -0.1) is 0 Å². The van der Waals surface area contributed by atoms with Crippen LogP contribution in [0.15, 0.2) is 34.9 Å². The normalized spacial score (nSPS) is 10.9. The van der Waals surface area contributed by atoms with Crippen LogP contribution >= 0.6 is 15.9 Å². The van der Waals surface area contributed by atoms with Crippen LogP contribution in [0.4, 0.5) is 4.39 Å². The SMILES string of the molecule is FCCn1ccc2ccc(Br)cc21. The van der Waals surface area contributed by atoms with E-state index < -0.39 is 0 Å². The quantitative estimate of drug-likeness (QED) is 0.760. The lowest BCUT2D eigenvalue weighted by Gasteiger charge is -2.01. The summed E-state index contributed by atoms with van der Waals surface area (Å²) in [7, 11) is 0. The number of nitrogens with zero attached hydrogens (tertiary/aromatic N) is 1. The molecule has 0 spiro atoms. The molecule has 0 aliphatic rings. The first-order chi connectivity index (χ1) is 6.31. The van der Waals surface area contributed by atoms with Crippen molar-refractivity contribution in [2.75, 3.05) is 6.67 Å². The zero-order valence-corrected chi connectivity index (χ0v) is 8.59. The summed E-state index contributed by atoms with van der Waals surface area (Å²) in [6.07, 6.45) is 1.91. The van der Waals surface area contributed by atoms with Crippen LogP contribution in [0.1, 0.15) is 0 Å². The fourth-order valence-electron chi connectivity index (χ4n) is 1.44. The van der Waals surface area contributed by atoms with Crippen molar-refractivity contribution < 1.29 is 4.39 Å². The van der Waals surface area contributed by atoms with Crippen LogP contribution in [0.2, 0.25) is 0 Å². The van der Waals surface area contributed by atoms with E-state index in [9.17, 15) is 4.39 Å². The van der Waals surface area contributed by atoms with Crippen molar-refractivity contribution in [1.29, 1.82) is 0 Å². The summed E-state index contributed by atoms with van der Waals surface area (Å²) in [5.41, 5.74) is 1.08. The predicted molar refractivity (Wildman–Crippen MR) is 55.6 cm³/mol. The lowest BCUT2D eigenvalue weighted by atomic mass is 10.2. The molecular formula is C10H9BrFN. The zero-order chi connectivity index (χ0) is 9.26. The molecular weight excluding hydrogens is 233 g/mol. The van der Waals surface area contributed by atoms with Gasteiger partial charge in [-0.25, -0.2) is 4.39 Å². The second-order valence-corrected chi connectivity index (χ2v) is 3.82. The van der Waals surface area contributed by atoms with Gasteiger partial charge in [0.2, 0.25) is 0 Å².